The number of carbonyl (C=O) groups excluding carboxylic acids is 1. The van der Waals surface area contributed by atoms with E-state index in [1.54, 1.807) is 24.7 Å². The number of aromatic amines is 1. The first-order chi connectivity index (χ1) is 24.1. The van der Waals surface area contributed by atoms with Crippen molar-refractivity contribution in [3.8, 4) is 5.88 Å². The zero-order valence-corrected chi connectivity index (χ0v) is 28.8. The van der Waals surface area contributed by atoms with Crippen LogP contribution in [0.2, 0.25) is 0 Å². The van der Waals surface area contributed by atoms with Crippen LogP contribution in [0.4, 0.5) is 4.79 Å². The van der Waals surface area contributed by atoms with Gasteiger partial charge in [0.05, 0.1) is 53.8 Å². The largest absolute Gasteiger partial charge is 0.494 e. The first kappa shape index (κ1) is 35.5. The van der Waals surface area contributed by atoms with Crippen molar-refractivity contribution in [2.24, 2.45) is 16.8 Å². The summed E-state index contributed by atoms with van der Waals surface area (Å²) in [5.74, 6) is -0.267. The van der Waals surface area contributed by atoms with Crippen LogP contribution in [0.1, 0.15) is 37.0 Å². The number of aliphatic hydroxyl groups is 1. The second-order valence-electron chi connectivity index (χ2n) is 13.1. The number of fused-ring (bicyclic) bond motifs is 2. The van der Waals surface area contributed by atoms with E-state index in [9.17, 15) is 23.4 Å². The molecule has 50 heavy (non-hydrogen) atoms. The van der Waals surface area contributed by atoms with Crippen molar-refractivity contribution in [2.45, 2.75) is 62.7 Å². The molecule has 2 aromatic carbocycles. The standard InChI is InChI=1S/C36H43N5O8S/c1-23(2)20-41(50(45,46)26-8-9-27-29(34(43)39-30(27)17-26)19-38-18-25-10-13-37-14-11-25)21-32(42)31(16-24-6-4-3-5-7-24)40-36(44)49-33-22-48-35-28(33)12-15-47-35/h3-11,13-14,17,19,23,28,31-33,35,39,42-43H,12,15-16,18,20-22H2,1-2H3,(H,40,44)/t28-,31+,32-,33+,35+/m1/s1. The van der Waals surface area contributed by atoms with Gasteiger partial charge in [-0.2, -0.15) is 4.31 Å². The molecule has 2 fully saturated rings. The van der Waals surface area contributed by atoms with Crippen LogP contribution in [0.3, 0.4) is 0 Å². The number of aromatic nitrogens is 2. The lowest BCUT2D eigenvalue weighted by atomic mass is 10.0. The minimum absolute atomic E-state index is 0.0130. The summed E-state index contributed by atoms with van der Waals surface area (Å²) in [6.07, 6.45) is 2.98. The minimum atomic E-state index is -4.14. The molecule has 2 aromatic heterocycles. The first-order valence-corrected chi connectivity index (χ1v) is 18.2. The van der Waals surface area contributed by atoms with E-state index in [1.165, 1.54) is 16.4 Å². The fourth-order valence-electron chi connectivity index (χ4n) is 6.39. The molecule has 2 aliphatic rings. The van der Waals surface area contributed by atoms with Gasteiger partial charge in [0.2, 0.25) is 10.0 Å². The van der Waals surface area contributed by atoms with Crippen LogP contribution in [-0.4, -0.2) is 96.1 Å². The van der Waals surface area contributed by atoms with Crippen molar-refractivity contribution in [2.75, 3.05) is 26.3 Å². The normalized spacial score (nSPS) is 20.5. The van der Waals surface area contributed by atoms with Gasteiger partial charge < -0.3 is 34.7 Å². The number of pyridine rings is 1. The molecule has 1 amide bonds. The van der Waals surface area contributed by atoms with Crippen LogP contribution in [-0.2, 0) is 37.2 Å². The Morgan fingerprint density at radius 2 is 1.90 bits per heavy atom. The molecular formula is C36H43N5O8S. The summed E-state index contributed by atoms with van der Waals surface area (Å²) >= 11 is 0. The third-order valence-corrected chi connectivity index (χ3v) is 10.8. The summed E-state index contributed by atoms with van der Waals surface area (Å²) in [5.41, 5.74) is 2.65. The molecule has 4 aromatic rings. The van der Waals surface area contributed by atoms with Crippen LogP contribution in [0.15, 0.2) is 82.9 Å². The third kappa shape index (κ3) is 8.33. The van der Waals surface area contributed by atoms with Crippen LogP contribution < -0.4 is 5.32 Å². The second kappa shape index (κ2) is 15.7. The van der Waals surface area contributed by atoms with Gasteiger partial charge in [0.25, 0.3) is 0 Å². The topological polar surface area (TPSA) is 176 Å². The highest BCUT2D eigenvalue weighted by atomic mass is 32.2. The summed E-state index contributed by atoms with van der Waals surface area (Å²) in [4.78, 5) is 24.4. The van der Waals surface area contributed by atoms with E-state index in [-0.39, 0.29) is 55.0 Å². The van der Waals surface area contributed by atoms with Crippen molar-refractivity contribution in [3.63, 3.8) is 0 Å². The number of hydrogen-bond donors (Lipinski definition) is 4. The van der Waals surface area contributed by atoms with Crippen LogP contribution >= 0.6 is 0 Å². The van der Waals surface area contributed by atoms with Crippen molar-refractivity contribution >= 4 is 33.2 Å². The zero-order valence-electron chi connectivity index (χ0n) is 28.0. The number of aliphatic hydroxyl groups excluding tert-OH is 1. The summed E-state index contributed by atoms with van der Waals surface area (Å²) in [6.45, 7) is 4.75. The number of alkyl carbamates (subject to hydrolysis) is 1. The Morgan fingerprint density at radius 1 is 1.12 bits per heavy atom. The van der Waals surface area contributed by atoms with E-state index in [0.717, 1.165) is 17.5 Å². The Balaban J connectivity index is 1.20. The third-order valence-electron chi connectivity index (χ3n) is 8.94. The number of sulfonamides is 1. The van der Waals surface area contributed by atoms with Crippen molar-refractivity contribution < 1.29 is 37.6 Å². The maximum Gasteiger partial charge on any atom is 0.407 e. The van der Waals surface area contributed by atoms with Crippen LogP contribution in [0, 0.1) is 11.8 Å². The van der Waals surface area contributed by atoms with Crippen LogP contribution in [0.25, 0.3) is 10.9 Å². The van der Waals surface area contributed by atoms with Crippen molar-refractivity contribution in [1.82, 2.24) is 19.6 Å². The summed E-state index contributed by atoms with van der Waals surface area (Å²) < 4.78 is 46.4. The fraction of sp³-hybridized carbons (Fsp3) is 0.417. The number of aromatic hydroxyl groups is 1. The Bertz CT molecular complexity index is 1890. The van der Waals surface area contributed by atoms with Gasteiger partial charge in [-0.3, -0.25) is 9.98 Å². The molecule has 0 saturated carbocycles. The molecule has 0 unspecified atom stereocenters. The summed E-state index contributed by atoms with van der Waals surface area (Å²) in [6, 6.07) is 16.7. The highest BCUT2D eigenvalue weighted by molar-refractivity contribution is 7.89. The monoisotopic (exact) mass is 705 g/mol. The number of benzene rings is 2. The van der Waals surface area contributed by atoms with E-state index in [2.05, 4.69) is 20.3 Å². The highest BCUT2D eigenvalue weighted by Gasteiger charge is 2.44. The maximum atomic E-state index is 14.2. The smallest absolute Gasteiger partial charge is 0.407 e. The lowest BCUT2D eigenvalue weighted by Crippen LogP contribution is -2.51. The lowest BCUT2D eigenvalue weighted by Gasteiger charge is -2.31. The van der Waals surface area contributed by atoms with E-state index in [1.807, 2.05) is 56.3 Å². The van der Waals surface area contributed by atoms with Gasteiger partial charge in [-0.15, -0.1) is 0 Å². The average molecular weight is 706 g/mol. The molecule has 5 atom stereocenters. The number of aliphatic imine (C=N–C) groups is 1. The maximum absolute atomic E-state index is 14.2. The van der Waals surface area contributed by atoms with Gasteiger partial charge in [-0.25, -0.2) is 13.2 Å². The van der Waals surface area contributed by atoms with E-state index < -0.39 is 34.4 Å². The number of hydrogen-bond acceptors (Lipinski definition) is 10. The SMILES string of the molecule is CC(C)CN(C[C@@H](O)[C@H](Cc1ccccc1)NC(=O)O[C@H]1CO[C@@H]2OCC[C@@H]21)S(=O)(=O)c1ccc2c(C=NCc3ccncc3)c(O)[nH]c2c1. The van der Waals surface area contributed by atoms with Gasteiger partial charge in [0.15, 0.2) is 12.2 Å². The average Bonchev–Trinajstić information content (AvgIpc) is 3.80. The Labute approximate surface area is 291 Å². The van der Waals surface area contributed by atoms with Crippen molar-refractivity contribution in [1.29, 1.82) is 0 Å². The Morgan fingerprint density at radius 3 is 2.66 bits per heavy atom. The van der Waals surface area contributed by atoms with E-state index in [0.29, 0.717) is 29.6 Å². The number of H-pyrrole nitrogens is 1. The molecule has 6 rings (SSSR count). The Kier molecular flexibility index (Phi) is 11.1. The molecule has 4 N–H and O–H groups in total. The van der Waals surface area contributed by atoms with Gasteiger partial charge in [0, 0.05) is 37.1 Å². The number of carbonyl (C=O) groups is 1. The molecule has 0 aliphatic carbocycles. The van der Waals surface area contributed by atoms with E-state index in [4.69, 9.17) is 14.2 Å². The molecule has 266 valence electrons. The Hall–Kier alpha value is -4.34. The van der Waals surface area contributed by atoms with E-state index >= 15 is 0 Å². The molecule has 0 spiro atoms. The number of rotatable bonds is 14. The van der Waals surface area contributed by atoms with Crippen LogP contribution in [0.5, 0.6) is 5.88 Å². The van der Waals surface area contributed by atoms with Gasteiger partial charge in [0.1, 0.15) is 6.10 Å². The minimum Gasteiger partial charge on any atom is -0.494 e. The predicted octanol–water partition coefficient (Wildman–Crippen LogP) is 3.99. The summed E-state index contributed by atoms with van der Waals surface area (Å²) in [7, 11) is -4.14. The summed E-state index contributed by atoms with van der Waals surface area (Å²) in [5, 5.41) is 25.7. The lowest BCUT2D eigenvalue weighted by molar-refractivity contribution is -0.0907. The fourth-order valence-corrected chi connectivity index (χ4v) is 8.04. The molecule has 14 heteroatoms. The quantitative estimate of drug-likeness (QED) is 0.141. The number of amides is 1. The number of nitrogens with zero attached hydrogens (tertiary/aromatic N) is 3. The van der Waals surface area contributed by atoms with Gasteiger partial charge in [-0.05, 0) is 54.2 Å². The molecule has 2 aliphatic heterocycles. The van der Waals surface area contributed by atoms with Gasteiger partial charge >= 0.3 is 6.09 Å². The molecule has 2 saturated heterocycles. The molecular weight excluding hydrogens is 662 g/mol. The first-order valence-electron chi connectivity index (χ1n) is 16.7. The zero-order chi connectivity index (χ0) is 35.3. The molecule has 0 radical (unpaired) electrons. The second-order valence-corrected chi connectivity index (χ2v) is 15.1. The molecule has 0 bridgehead atoms. The predicted molar refractivity (Wildman–Crippen MR) is 186 cm³/mol. The molecule has 4 heterocycles. The number of ether oxygens (including phenoxy) is 3. The highest BCUT2D eigenvalue weighted by Crippen LogP contribution is 2.33. The van der Waals surface area contributed by atoms with Crippen molar-refractivity contribution in [3.05, 3.63) is 89.7 Å². The molecule has 13 nitrogen and oxygen atoms in total. The number of nitrogens with one attached hydrogen (secondary N) is 2. The van der Waals surface area contributed by atoms with Gasteiger partial charge in [-0.1, -0.05) is 50.2 Å².